The lowest BCUT2D eigenvalue weighted by Gasteiger charge is -2.26. The molecule has 1 saturated heterocycles. The number of hydrogen-bond donors (Lipinski definition) is 1. The van der Waals surface area contributed by atoms with Crippen molar-refractivity contribution in [3.05, 3.63) is 64.6 Å². The molecule has 2 aromatic carbocycles. The molecule has 10 heteroatoms. The Balaban J connectivity index is 0.000000280. The summed E-state index contributed by atoms with van der Waals surface area (Å²) >= 11 is 0. The highest BCUT2D eigenvalue weighted by atomic mass is 19.1. The molecule has 1 aromatic heterocycles. The fourth-order valence-electron chi connectivity index (χ4n) is 3.26. The topological polar surface area (TPSA) is 107 Å². The number of phenolic OH excluding ortho intramolecular Hbond substituents is 1. The van der Waals surface area contributed by atoms with Crippen LogP contribution in [-0.2, 0) is 4.74 Å². The normalized spacial score (nSPS) is 13.1. The molecule has 2 heterocycles. The predicted octanol–water partition coefficient (Wildman–Crippen LogP) is 4.81. The van der Waals surface area contributed by atoms with Crippen LogP contribution in [0.2, 0.25) is 0 Å². The van der Waals surface area contributed by atoms with Crippen LogP contribution in [0, 0.1) is 15.9 Å². The number of methoxy groups -OCH3 is 1. The van der Waals surface area contributed by atoms with Crippen molar-refractivity contribution in [1.29, 1.82) is 0 Å². The zero-order chi connectivity index (χ0) is 25.6. The van der Waals surface area contributed by atoms with Crippen molar-refractivity contribution in [2.75, 3.05) is 46.6 Å². The van der Waals surface area contributed by atoms with Gasteiger partial charge >= 0.3 is 0 Å². The lowest BCUT2D eigenvalue weighted by molar-refractivity contribution is -0.385. The maximum Gasteiger partial charge on any atom is 0.272 e. The van der Waals surface area contributed by atoms with Crippen LogP contribution in [0.25, 0.3) is 10.9 Å². The van der Waals surface area contributed by atoms with E-state index in [4.69, 9.17) is 19.3 Å². The van der Waals surface area contributed by atoms with E-state index in [0.717, 1.165) is 73.8 Å². The highest BCUT2D eigenvalue weighted by Gasteiger charge is 2.11. The second-order valence-electron chi connectivity index (χ2n) is 7.25. The fourth-order valence-corrected chi connectivity index (χ4v) is 3.26. The monoisotopic (exact) mass is 489 g/mol. The van der Waals surface area contributed by atoms with Crippen LogP contribution in [0.5, 0.6) is 17.2 Å². The third kappa shape index (κ3) is 8.66. The SMILES string of the molecule is CC.COc1cc2cccnc2cc1OCCCN1CCOCC1.O=[N+]([O-])c1ccc(O)c(F)c1. The molecule has 1 fully saturated rings. The second kappa shape index (κ2) is 14.7. The second-order valence-corrected chi connectivity index (χ2v) is 7.25. The van der Waals surface area contributed by atoms with Gasteiger partial charge in [-0.05, 0) is 24.6 Å². The minimum absolute atomic E-state index is 0.375. The van der Waals surface area contributed by atoms with E-state index in [2.05, 4.69) is 9.88 Å². The van der Waals surface area contributed by atoms with Gasteiger partial charge in [-0.3, -0.25) is 20.0 Å². The Labute approximate surface area is 204 Å². The van der Waals surface area contributed by atoms with Crippen molar-refractivity contribution >= 4 is 16.6 Å². The molecule has 1 aliphatic rings. The number of morpholine rings is 1. The van der Waals surface area contributed by atoms with Crippen molar-refractivity contribution in [3.8, 4) is 17.2 Å². The molecule has 1 aliphatic heterocycles. The maximum atomic E-state index is 12.4. The zero-order valence-electron chi connectivity index (χ0n) is 20.3. The van der Waals surface area contributed by atoms with E-state index in [-0.39, 0.29) is 5.69 Å². The number of fused-ring (bicyclic) bond motifs is 1. The molecule has 1 N–H and O–H groups in total. The third-order valence-electron chi connectivity index (χ3n) is 5.01. The molecule has 0 atom stereocenters. The number of nitrogens with zero attached hydrogens (tertiary/aromatic N) is 3. The number of phenols is 1. The summed E-state index contributed by atoms with van der Waals surface area (Å²) in [5.74, 6) is -0.0580. The van der Waals surface area contributed by atoms with E-state index < -0.39 is 16.5 Å². The molecule has 0 spiro atoms. The quantitative estimate of drug-likeness (QED) is 0.286. The van der Waals surface area contributed by atoms with Crippen LogP contribution in [0.3, 0.4) is 0 Å². The number of benzene rings is 2. The summed E-state index contributed by atoms with van der Waals surface area (Å²) in [7, 11) is 1.66. The Kier molecular flexibility index (Phi) is 11.6. The largest absolute Gasteiger partial charge is 0.505 e. The molecule has 0 radical (unpaired) electrons. The highest BCUT2D eigenvalue weighted by molar-refractivity contribution is 5.82. The number of halogens is 1. The van der Waals surface area contributed by atoms with E-state index in [1.165, 1.54) is 0 Å². The minimum Gasteiger partial charge on any atom is -0.505 e. The van der Waals surface area contributed by atoms with Gasteiger partial charge in [-0.15, -0.1) is 0 Å². The van der Waals surface area contributed by atoms with Crippen molar-refractivity contribution < 1.29 is 28.6 Å². The maximum absolute atomic E-state index is 12.4. The molecule has 0 unspecified atom stereocenters. The van der Waals surface area contributed by atoms with E-state index in [1.807, 2.05) is 38.1 Å². The van der Waals surface area contributed by atoms with Gasteiger partial charge in [-0.25, -0.2) is 4.39 Å². The van der Waals surface area contributed by atoms with E-state index in [1.54, 1.807) is 13.3 Å². The van der Waals surface area contributed by atoms with Gasteiger partial charge in [0.05, 0.1) is 43.4 Å². The Hall–Kier alpha value is -3.50. The number of rotatable bonds is 7. The van der Waals surface area contributed by atoms with Crippen LogP contribution in [-0.4, -0.2) is 66.5 Å². The lowest BCUT2D eigenvalue weighted by Crippen LogP contribution is -2.37. The molecule has 0 saturated carbocycles. The molecule has 0 bridgehead atoms. The van der Waals surface area contributed by atoms with Crippen molar-refractivity contribution in [3.63, 3.8) is 0 Å². The van der Waals surface area contributed by atoms with Crippen LogP contribution in [0.4, 0.5) is 10.1 Å². The van der Waals surface area contributed by atoms with Gasteiger partial charge in [0.1, 0.15) is 0 Å². The standard InChI is InChI=1S/C17H22N2O3.C6H4FNO3.C2H6/c1-20-16-12-14-4-2-5-18-15(14)13-17(16)22-9-3-6-19-7-10-21-11-8-19;7-5-3-4(8(10)11)1-2-6(5)9;1-2/h2,4-5,12-13H,3,6-11H2,1H3;1-3,9H;1-2H3. The number of hydrogen-bond acceptors (Lipinski definition) is 8. The number of nitro groups is 1. The molecule has 3 aromatic rings. The molecule has 190 valence electrons. The highest BCUT2D eigenvalue weighted by Crippen LogP contribution is 2.31. The van der Waals surface area contributed by atoms with Gasteiger partial charge in [0.15, 0.2) is 23.1 Å². The molecule has 35 heavy (non-hydrogen) atoms. The number of aromatic nitrogens is 1. The van der Waals surface area contributed by atoms with Gasteiger partial charge in [0, 0.05) is 43.4 Å². The number of nitro benzene ring substituents is 1. The molecule has 9 nitrogen and oxygen atoms in total. The Bertz CT molecular complexity index is 1080. The van der Waals surface area contributed by atoms with Crippen molar-refractivity contribution in [1.82, 2.24) is 9.88 Å². The number of pyridine rings is 1. The van der Waals surface area contributed by atoms with E-state index in [9.17, 15) is 14.5 Å². The van der Waals surface area contributed by atoms with Crippen molar-refractivity contribution in [2.45, 2.75) is 20.3 Å². The van der Waals surface area contributed by atoms with Gasteiger partial charge < -0.3 is 19.3 Å². The van der Waals surface area contributed by atoms with Gasteiger partial charge in [-0.1, -0.05) is 19.9 Å². The number of non-ortho nitro benzene ring substituents is 1. The first-order valence-electron chi connectivity index (χ1n) is 11.5. The Morgan fingerprint density at radius 3 is 2.57 bits per heavy atom. The first-order chi connectivity index (χ1) is 17.0. The summed E-state index contributed by atoms with van der Waals surface area (Å²) in [6.45, 7) is 9.42. The number of aromatic hydroxyl groups is 1. The molecular formula is C25H32FN3O6. The van der Waals surface area contributed by atoms with Crippen molar-refractivity contribution in [2.24, 2.45) is 0 Å². The Morgan fingerprint density at radius 1 is 1.17 bits per heavy atom. The van der Waals surface area contributed by atoms with Crippen LogP contribution in [0.1, 0.15) is 20.3 Å². The summed E-state index contributed by atoms with van der Waals surface area (Å²) in [6.07, 6.45) is 2.78. The third-order valence-corrected chi connectivity index (χ3v) is 5.01. The average molecular weight is 490 g/mol. The summed E-state index contributed by atoms with van der Waals surface area (Å²) in [6, 6.07) is 10.5. The molecule has 0 aliphatic carbocycles. The molecular weight excluding hydrogens is 457 g/mol. The smallest absolute Gasteiger partial charge is 0.272 e. The van der Waals surface area contributed by atoms with Gasteiger partial charge in [0.2, 0.25) is 0 Å². The van der Waals surface area contributed by atoms with E-state index >= 15 is 0 Å². The van der Waals surface area contributed by atoms with E-state index in [0.29, 0.717) is 12.7 Å². The number of ether oxygens (including phenoxy) is 3. The fraction of sp³-hybridized carbons (Fsp3) is 0.400. The van der Waals surface area contributed by atoms with Gasteiger partial charge in [-0.2, -0.15) is 0 Å². The summed E-state index contributed by atoms with van der Waals surface area (Å²) < 4.78 is 29.1. The summed E-state index contributed by atoms with van der Waals surface area (Å²) in [4.78, 5) is 16.1. The first kappa shape index (κ1) is 27.7. The summed E-state index contributed by atoms with van der Waals surface area (Å²) in [5.41, 5.74) is 0.548. The molecule has 0 amide bonds. The lowest BCUT2D eigenvalue weighted by atomic mass is 10.2. The minimum atomic E-state index is -0.987. The summed E-state index contributed by atoms with van der Waals surface area (Å²) in [5, 5.41) is 19.7. The average Bonchev–Trinajstić information content (AvgIpc) is 2.89. The zero-order valence-corrected chi connectivity index (χ0v) is 20.3. The Morgan fingerprint density at radius 2 is 1.91 bits per heavy atom. The molecule has 4 rings (SSSR count). The first-order valence-corrected chi connectivity index (χ1v) is 11.5. The van der Waals surface area contributed by atoms with Gasteiger partial charge in [0.25, 0.3) is 5.69 Å². The van der Waals surface area contributed by atoms with Crippen LogP contribution < -0.4 is 9.47 Å². The van der Waals surface area contributed by atoms with Crippen LogP contribution >= 0.6 is 0 Å². The van der Waals surface area contributed by atoms with Crippen LogP contribution in [0.15, 0.2) is 48.7 Å². The predicted molar refractivity (Wildman–Crippen MR) is 132 cm³/mol.